The van der Waals surface area contributed by atoms with Crippen molar-refractivity contribution < 1.29 is 9.47 Å². The zero-order valence-electron chi connectivity index (χ0n) is 22.0. The Morgan fingerprint density at radius 3 is 1.33 bits per heavy atom. The first-order valence-corrected chi connectivity index (χ1v) is 15.7. The van der Waals surface area contributed by atoms with Gasteiger partial charge in [0, 0.05) is 5.33 Å². The number of alkyl halides is 1. The average Bonchev–Trinajstić information content (AvgIpc) is 3.02. The first-order valence-electron chi connectivity index (χ1n) is 13.2. The first kappa shape index (κ1) is 28.6. The first-order chi connectivity index (χ1) is 19.3. The fraction of sp³-hybridized carbons (Fsp3) is 0.143. The highest BCUT2D eigenvalue weighted by molar-refractivity contribution is 9.08. The Hall–Kier alpha value is -3.39. The third kappa shape index (κ3) is 9.70. The fourth-order valence-electron chi connectivity index (χ4n) is 4.00. The lowest BCUT2D eigenvalue weighted by atomic mass is 10.2. The van der Waals surface area contributed by atoms with Crippen LogP contribution in [0.5, 0.6) is 11.5 Å². The molecule has 5 aromatic rings. The van der Waals surface area contributed by atoms with E-state index in [9.17, 15) is 0 Å². The van der Waals surface area contributed by atoms with Crippen molar-refractivity contribution in [2.45, 2.75) is 18.2 Å². The van der Waals surface area contributed by atoms with Gasteiger partial charge in [-0.2, -0.15) is 0 Å². The molecule has 0 fully saturated rings. The highest BCUT2D eigenvalue weighted by atomic mass is 79.9. The molecule has 0 aliphatic heterocycles. The Bertz CT molecular complexity index is 1240. The Labute approximate surface area is 242 Å². The van der Waals surface area contributed by atoms with Crippen molar-refractivity contribution in [3.63, 3.8) is 0 Å². The normalized spacial score (nSPS) is 10.4. The van der Waals surface area contributed by atoms with Gasteiger partial charge in [-0.25, -0.2) is 0 Å². The Kier molecular flexibility index (Phi) is 12.1. The number of hydrogen-bond donors (Lipinski definition) is 0. The molecule has 198 valence electrons. The van der Waals surface area contributed by atoms with Crippen molar-refractivity contribution in [1.82, 2.24) is 0 Å². The molecular weight excluding hydrogens is 563 g/mol. The van der Waals surface area contributed by atoms with Crippen LogP contribution in [-0.4, -0.2) is 13.2 Å². The summed E-state index contributed by atoms with van der Waals surface area (Å²) >= 11 is 3.44. The summed E-state index contributed by atoms with van der Waals surface area (Å²) in [6.45, 7) is 1.46. The van der Waals surface area contributed by atoms with Gasteiger partial charge < -0.3 is 9.47 Å². The SMILES string of the molecule is BrCc1cccc(OCCCCOc2ccccc2)c1.c1ccc(P(c2ccccc2)c2ccccc2)cc1. The van der Waals surface area contributed by atoms with Crippen LogP contribution >= 0.6 is 23.9 Å². The molecule has 4 heteroatoms. The third-order valence-corrected chi connectivity index (χ3v) is 9.01. The van der Waals surface area contributed by atoms with E-state index in [-0.39, 0.29) is 0 Å². The minimum Gasteiger partial charge on any atom is -0.494 e. The van der Waals surface area contributed by atoms with Crippen molar-refractivity contribution in [1.29, 1.82) is 0 Å². The minimum atomic E-state index is -0.446. The van der Waals surface area contributed by atoms with E-state index in [0.717, 1.165) is 42.9 Å². The van der Waals surface area contributed by atoms with Crippen LogP contribution in [0.2, 0.25) is 0 Å². The molecular formula is C35H34BrO2P. The van der Waals surface area contributed by atoms with Gasteiger partial charge in [0.25, 0.3) is 0 Å². The number of ether oxygens (including phenoxy) is 2. The molecule has 0 aliphatic rings. The molecule has 0 bridgehead atoms. The molecule has 39 heavy (non-hydrogen) atoms. The Morgan fingerprint density at radius 1 is 0.462 bits per heavy atom. The molecule has 0 heterocycles. The molecule has 0 N–H and O–H groups in total. The minimum absolute atomic E-state index is 0.446. The average molecular weight is 598 g/mol. The second-order valence-electron chi connectivity index (χ2n) is 8.84. The quantitative estimate of drug-likeness (QED) is 0.0867. The molecule has 5 aromatic carbocycles. The van der Waals surface area contributed by atoms with Crippen molar-refractivity contribution >= 4 is 39.8 Å². The lowest BCUT2D eigenvalue weighted by Gasteiger charge is -2.18. The van der Waals surface area contributed by atoms with E-state index in [1.165, 1.54) is 21.5 Å². The fourth-order valence-corrected chi connectivity index (χ4v) is 6.65. The van der Waals surface area contributed by atoms with E-state index in [0.29, 0.717) is 0 Å². The monoisotopic (exact) mass is 596 g/mol. The summed E-state index contributed by atoms with van der Waals surface area (Å²) in [5.74, 6) is 1.87. The standard InChI is InChI=1S/C18H15P.C17H19BrO2/c1-4-10-16(11-5-1)19(17-12-6-2-7-13-17)18-14-8-3-9-15-18;18-14-15-7-6-10-17(13-15)20-12-5-4-11-19-16-8-2-1-3-9-16/h1-15H;1-3,6-10,13H,4-5,11-12,14H2. The maximum Gasteiger partial charge on any atom is 0.119 e. The van der Waals surface area contributed by atoms with Crippen LogP contribution in [-0.2, 0) is 5.33 Å². The predicted octanol–water partition coefficient (Wildman–Crippen LogP) is 8.26. The van der Waals surface area contributed by atoms with Gasteiger partial charge in [-0.05, 0) is 66.5 Å². The van der Waals surface area contributed by atoms with Crippen LogP contribution < -0.4 is 25.4 Å². The summed E-state index contributed by atoms with van der Waals surface area (Å²) in [5, 5.41) is 5.05. The summed E-state index contributed by atoms with van der Waals surface area (Å²) in [4.78, 5) is 0. The Morgan fingerprint density at radius 2 is 0.872 bits per heavy atom. The maximum absolute atomic E-state index is 5.72. The van der Waals surface area contributed by atoms with Gasteiger partial charge >= 0.3 is 0 Å². The lowest BCUT2D eigenvalue weighted by Crippen LogP contribution is -2.20. The number of para-hydroxylation sites is 1. The van der Waals surface area contributed by atoms with Gasteiger partial charge in [0.15, 0.2) is 0 Å². The number of unbranched alkanes of at least 4 members (excludes halogenated alkanes) is 1. The number of rotatable bonds is 11. The van der Waals surface area contributed by atoms with E-state index in [1.54, 1.807) is 0 Å². The summed E-state index contributed by atoms with van der Waals surface area (Å²) in [7, 11) is -0.446. The highest BCUT2D eigenvalue weighted by Gasteiger charge is 2.15. The molecule has 5 rings (SSSR count). The molecule has 0 saturated carbocycles. The molecule has 2 nitrogen and oxygen atoms in total. The van der Waals surface area contributed by atoms with Gasteiger partial charge in [-0.15, -0.1) is 0 Å². The zero-order valence-corrected chi connectivity index (χ0v) is 24.5. The van der Waals surface area contributed by atoms with Crippen molar-refractivity contribution in [3.8, 4) is 11.5 Å². The largest absolute Gasteiger partial charge is 0.494 e. The molecule has 0 aliphatic carbocycles. The third-order valence-electron chi connectivity index (χ3n) is 5.92. The van der Waals surface area contributed by atoms with Gasteiger partial charge in [0.1, 0.15) is 11.5 Å². The molecule has 0 aromatic heterocycles. The summed E-state index contributed by atoms with van der Waals surface area (Å²) < 4.78 is 11.4. The lowest BCUT2D eigenvalue weighted by molar-refractivity contribution is 0.266. The van der Waals surface area contributed by atoms with Crippen molar-refractivity contribution in [2.75, 3.05) is 13.2 Å². The van der Waals surface area contributed by atoms with Crippen LogP contribution in [0.1, 0.15) is 18.4 Å². The van der Waals surface area contributed by atoms with Crippen molar-refractivity contribution in [3.05, 3.63) is 151 Å². The number of hydrogen-bond acceptors (Lipinski definition) is 2. The van der Waals surface area contributed by atoms with E-state index >= 15 is 0 Å². The molecule has 0 amide bonds. The smallest absolute Gasteiger partial charge is 0.119 e. The topological polar surface area (TPSA) is 18.5 Å². The zero-order chi connectivity index (χ0) is 27.0. The van der Waals surface area contributed by atoms with Crippen LogP contribution in [0.3, 0.4) is 0 Å². The van der Waals surface area contributed by atoms with Crippen LogP contribution in [0.15, 0.2) is 146 Å². The van der Waals surface area contributed by atoms with E-state index in [2.05, 4.69) is 119 Å². The van der Waals surface area contributed by atoms with Crippen molar-refractivity contribution in [2.24, 2.45) is 0 Å². The maximum atomic E-state index is 5.72. The van der Waals surface area contributed by atoms with Crippen LogP contribution in [0, 0.1) is 0 Å². The molecule has 0 unspecified atom stereocenters. The second kappa shape index (κ2) is 16.5. The molecule has 0 saturated heterocycles. The number of benzene rings is 5. The molecule has 0 radical (unpaired) electrons. The molecule has 0 spiro atoms. The van der Waals surface area contributed by atoms with Crippen LogP contribution in [0.25, 0.3) is 0 Å². The Balaban J connectivity index is 0.000000181. The van der Waals surface area contributed by atoms with Crippen LogP contribution in [0.4, 0.5) is 0 Å². The van der Waals surface area contributed by atoms with Gasteiger partial charge in [0.2, 0.25) is 0 Å². The predicted molar refractivity (Wildman–Crippen MR) is 171 cm³/mol. The second-order valence-corrected chi connectivity index (χ2v) is 11.6. The van der Waals surface area contributed by atoms with Gasteiger partial charge in [0.05, 0.1) is 13.2 Å². The highest BCUT2D eigenvalue weighted by Crippen LogP contribution is 2.32. The van der Waals surface area contributed by atoms with Gasteiger partial charge in [-0.1, -0.05) is 137 Å². The van der Waals surface area contributed by atoms with Gasteiger partial charge in [-0.3, -0.25) is 0 Å². The van der Waals surface area contributed by atoms with E-state index < -0.39 is 7.92 Å². The summed E-state index contributed by atoms with van der Waals surface area (Å²) in [5.41, 5.74) is 1.23. The summed E-state index contributed by atoms with van der Waals surface area (Å²) in [6, 6.07) is 50.4. The number of halogens is 1. The molecule has 0 atom stereocenters. The summed E-state index contributed by atoms with van der Waals surface area (Å²) in [6.07, 6.45) is 1.98. The van der Waals surface area contributed by atoms with E-state index in [1.807, 2.05) is 42.5 Å². The van der Waals surface area contributed by atoms with E-state index in [4.69, 9.17) is 9.47 Å².